The van der Waals surface area contributed by atoms with Crippen molar-refractivity contribution >= 4 is 41.5 Å². The molecule has 1 saturated heterocycles. The third-order valence-electron chi connectivity index (χ3n) is 3.80. The first-order valence-electron chi connectivity index (χ1n) is 6.96. The molecule has 1 aliphatic rings. The molecule has 2 rings (SSSR count). The molecule has 0 atom stereocenters. The Kier molecular flexibility index (Phi) is 7.82. The molecule has 0 bridgehead atoms. The van der Waals surface area contributed by atoms with Crippen molar-refractivity contribution in [2.75, 3.05) is 26.7 Å². The minimum atomic E-state index is 0. The van der Waals surface area contributed by atoms with Crippen molar-refractivity contribution in [3.8, 4) is 0 Å². The van der Waals surface area contributed by atoms with Gasteiger partial charge in [0.15, 0.2) is 0 Å². The Morgan fingerprint density at radius 1 is 1.29 bits per heavy atom. The third kappa shape index (κ3) is 5.33. The summed E-state index contributed by atoms with van der Waals surface area (Å²) in [7, 11) is 1.97. The van der Waals surface area contributed by atoms with E-state index in [9.17, 15) is 4.79 Å². The van der Waals surface area contributed by atoms with E-state index < -0.39 is 0 Å². The Labute approximate surface area is 142 Å². The second-order valence-electron chi connectivity index (χ2n) is 5.31. The second-order valence-corrected chi connectivity index (χ2v) is 6.12. The zero-order chi connectivity index (χ0) is 14.5. The number of nitrogens with one attached hydrogen (secondary N) is 1. The van der Waals surface area contributed by atoms with Gasteiger partial charge in [0, 0.05) is 13.1 Å². The molecule has 0 unspecified atom stereocenters. The van der Waals surface area contributed by atoms with Gasteiger partial charge in [0.25, 0.3) is 0 Å². The molecule has 0 radical (unpaired) electrons. The molecule has 1 aromatic rings. The number of amides is 1. The Morgan fingerprint density at radius 2 is 1.95 bits per heavy atom. The lowest BCUT2D eigenvalue weighted by Gasteiger charge is -2.32. The van der Waals surface area contributed by atoms with Crippen LogP contribution in [0.25, 0.3) is 0 Å². The Hall–Kier alpha value is -0.480. The summed E-state index contributed by atoms with van der Waals surface area (Å²) in [5.41, 5.74) is 0.918. The fraction of sp³-hybridized carbons (Fsp3) is 0.533. The average molecular weight is 352 g/mol. The Morgan fingerprint density at radius 3 is 2.52 bits per heavy atom. The van der Waals surface area contributed by atoms with Gasteiger partial charge in [-0.05, 0) is 50.0 Å². The van der Waals surface area contributed by atoms with Gasteiger partial charge in [-0.25, -0.2) is 0 Å². The van der Waals surface area contributed by atoms with Crippen LogP contribution in [-0.4, -0.2) is 37.5 Å². The summed E-state index contributed by atoms with van der Waals surface area (Å²) in [6, 6.07) is 5.38. The highest BCUT2D eigenvalue weighted by Gasteiger charge is 2.22. The maximum Gasteiger partial charge on any atom is 0.226 e. The van der Waals surface area contributed by atoms with Crippen LogP contribution in [0.5, 0.6) is 0 Å². The molecule has 1 heterocycles. The number of rotatable bonds is 4. The monoisotopic (exact) mass is 350 g/mol. The predicted octanol–water partition coefficient (Wildman–Crippen LogP) is 3.42. The number of carbonyl (C=O) groups is 1. The predicted molar refractivity (Wildman–Crippen MR) is 90.6 cm³/mol. The van der Waals surface area contributed by atoms with E-state index in [1.54, 1.807) is 12.1 Å². The molecule has 21 heavy (non-hydrogen) atoms. The highest BCUT2D eigenvalue weighted by Crippen LogP contribution is 2.23. The molecule has 0 spiro atoms. The van der Waals surface area contributed by atoms with E-state index in [0.717, 1.165) is 38.0 Å². The lowest BCUT2D eigenvalue weighted by molar-refractivity contribution is -0.131. The summed E-state index contributed by atoms with van der Waals surface area (Å²) in [6.07, 6.45) is 2.55. The normalized spacial score (nSPS) is 15.7. The van der Waals surface area contributed by atoms with Gasteiger partial charge in [-0.3, -0.25) is 4.79 Å². The fourth-order valence-electron chi connectivity index (χ4n) is 2.61. The van der Waals surface area contributed by atoms with Crippen LogP contribution in [0.2, 0.25) is 10.0 Å². The molecule has 1 amide bonds. The topological polar surface area (TPSA) is 32.3 Å². The first-order valence-corrected chi connectivity index (χ1v) is 7.72. The zero-order valence-electron chi connectivity index (χ0n) is 12.1. The molecular weight excluding hydrogens is 331 g/mol. The molecule has 0 aliphatic carbocycles. The standard InChI is InChI=1S/C15H20Cl2N2O.ClH/c1-18-10-11-4-6-19(7-5-11)15(20)9-12-2-3-13(16)14(17)8-12;/h2-3,8,11,18H,4-7,9-10H2,1H3;1H. The third-order valence-corrected chi connectivity index (χ3v) is 4.54. The van der Waals surface area contributed by atoms with Gasteiger partial charge in [0.2, 0.25) is 5.91 Å². The molecular formula is C15H21Cl3N2O. The van der Waals surface area contributed by atoms with Crippen LogP contribution in [0.15, 0.2) is 18.2 Å². The number of halogens is 3. The van der Waals surface area contributed by atoms with Crippen LogP contribution in [0.3, 0.4) is 0 Å². The first kappa shape index (κ1) is 18.6. The first-order chi connectivity index (χ1) is 9.60. The number of hydrogen-bond donors (Lipinski definition) is 1. The average Bonchev–Trinajstić information content (AvgIpc) is 2.44. The van der Waals surface area contributed by atoms with Crippen LogP contribution >= 0.6 is 35.6 Å². The fourth-order valence-corrected chi connectivity index (χ4v) is 2.93. The van der Waals surface area contributed by atoms with Crippen LogP contribution in [0.1, 0.15) is 18.4 Å². The second kappa shape index (κ2) is 8.84. The summed E-state index contributed by atoms with van der Waals surface area (Å²) in [4.78, 5) is 14.2. The molecule has 1 aromatic carbocycles. The van der Waals surface area contributed by atoms with Gasteiger partial charge in [-0.2, -0.15) is 0 Å². The number of carbonyl (C=O) groups excluding carboxylic acids is 1. The number of piperidine rings is 1. The van der Waals surface area contributed by atoms with Crippen molar-refractivity contribution in [2.45, 2.75) is 19.3 Å². The van der Waals surface area contributed by atoms with E-state index in [1.807, 2.05) is 18.0 Å². The molecule has 1 fully saturated rings. The number of likely N-dealkylation sites (tertiary alicyclic amines) is 1. The van der Waals surface area contributed by atoms with E-state index in [4.69, 9.17) is 23.2 Å². The minimum absolute atomic E-state index is 0. The van der Waals surface area contributed by atoms with Crippen molar-refractivity contribution in [2.24, 2.45) is 5.92 Å². The van der Waals surface area contributed by atoms with Crippen molar-refractivity contribution in [3.05, 3.63) is 33.8 Å². The highest BCUT2D eigenvalue weighted by molar-refractivity contribution is 6.42. The molecule has 0 saturated carbocycles. The molecule has 1 aliphatic heterocycles. The van der Waals surface area contributed by atoms with E-state index >= 15 is 0 Å². The number of benzene rings is 1. The van der Waals surface area contributed by atoms with E-state index in [1.165, 1.54) is 0 Å². The maximum atomic E-state index is 12.3. The molecule has 6 heteroatoms. The maximum absolute atomic E-state index is 12.3. The quantitative estimate of drug-likeness (QED) is 0.901. The lowest BCUT2D eigenvalue weighted by atomic mass is 9.96. The van der Waals surface area contributed by atoms with Gasteiger partial charge in [-0.15, -0.1) is 12.4 Å². The summed E-state index contributed by atoms with van der Waals surface area (Å²) >= 11 is 11.9. The van der Waals surface area contributed by atoms with Crippen LogP contribution in [0.4, 0.5) is 0 Å². The molecule has 3 nitrogen and oxygen atoms in total. The minimum Gasteiger partial charge on any atom is -0.342 e. The van der Waals surface area contributed by atoms with E-state index in [0.29, 0.717) is 22.4 Å². The van der Waals surface area contributed by atoms with Gasteiger partial charge in [0.1, 0.15) is 0 Å². The SMILES string of the molecule is CNCC1CCN(C(=O)Cc2ccc(Cl)c(Cl)c2)CC1.Cl. The van der Waals surface area contributed by atoms with Crippen molar-refractivity contribution in [1.82, 2.24) is 10.2 Å². The summed E-state index contributed by atoms with van der Waals surface area (Å²) in [6.45, 7) is 2.74. The molecule has 1 N–H and O–H groups in total. The van der Waals surface area contributed by atoms with Gasteiger partial charge < -0.3 is 10.2 Å². The van der Waals surface area contributed by atoms with Gasteiger partial charge >= 0.3 is 0 Å². The Bertz CT molecular complexity index is 474. The lowest BCUT2D eigenvalue weighted by Crippen LogP contribution is -2.41. The highest BCUT2D eigenvalue weighted by atomic mass is 35.5. The summed E-state index contributed by atoms with van der Waals surface area (Å²) in [5, 5.41) is 4.23. The number of hydrogen-bond acceptors (Lipinski definition) is 2. The van der Waals surface area contributed by atoms with Gasteiger partial charge in [-0.1, -0.05) is 29.3 Å². The van der Waals surface area contributed by atoms with Crippen molar-refractivity contribution in [3.63, 3.8) is 0 Å². The van der Waals surface area contributed by atoms with Crippen LogP contribution in [0, 0.1) is 5.92 Å². The Balaban J connectivity index is 0.00000220. The summed E-state index contributed by atoms with van der Waals surface area (Å²) in [5.74, 6) is 0.861. The van der Waals surface area contributed by atoms with Crippen LogP contribution < -0.4 is 5.32 Å². The smallest absolute Gasteiger partial charge is 0.226 e. The van der Waals surface area contributed by atoms with Crippen LogP contribution in [-0.2, 0) is 11.2 Å². The zero-order valence-corrected chi connectivity index (χ0v) is 14.4. The molecule has 0 aromatic heterocycles. The number of nitrogens with zero attached hydrogens (tertiary/aromatic N) is 1. The van der Waals surface area contributed by atoms with Crippen molar-refractivity contribution < 1.29 is 4.79 Å². The summed E-state index contributed by atoms with van der Waals surface area (Å²) < 4.78 is 0. The van der Waals surface area contributed by atoms with E-state index in [-0.39, 0.29) is 18.3 Å². The van der Waals surface area contributed by atoms with E-state index in [2.05, 4.69) is 5.32 Å². The van der Waals surface area contributed by atoms with Gasteiger partial charge in [0.05, 0.1) is 16.5 Å². The van der Waals surface area contributed by atoms with Crippen molar-refractivity contribution in [1.29, 1.82) is 0 Å². The largest absolute Gasteiger partial charge is 0.342 e. The molecule has 118 valence electrons.